The fraction of sp³-hybridized carbons (Fsp3) is 0.278. The highest BCUT2D eigenvalue weighted by atomic mass is 32.2. The zero-order valence-electron chi connectivity index (χ0n) is 13.5. The van der Waals surface area contributed by atoms with Crippen LogP contribution in [0, 0.1) is 0 Å². The van der Waals surface area contributed by atoms with Gasteiger partial charge in [-0.1, -0.05) is 30.3 Å². The van der Waals surface area contributed by atoms with Gasteiger partial charge in [0, 0.05) is 6.54 Å². The van der Waals surface area contributed by atoms with Gasteiger partial charge in [0.2, 0.25) is 10.0 Å². The largest absolute Gasteiger partial charge is 0.482 e. The van der Waals surface area contributed by atoms with Crippen LogP contribution in [-0.4, -0.2) is 31.8 Å². The molecule has 1 atom stereocenters. The second-order valence-corrected chi connectivity index (χ2v) is 8.07. The molecule has 0 bridgehead atoms. The molecule has 2 aliphatic rings. The average Bonchev–Trinajstić information content (AvgIpc) is 3.12. The van der Waals surface area contributed by atoms with Crippen molar-refractivity contribution in [3.8, 4) is 5.75 Å². The van der Waals surface area contributed by atoms with E-state index in [4.69, 9.17) is 4.74 Å². The molecule has 1 fully saturated rings. The number of anilines is 1. The summed E-state index contributed by atoms with van der Waals surface area (Å²) < 4.78 is 33.2. The number of ether oxygens (including phenoxy) is 1. The van der Waals surface area contributed by atoms with Gasteiger partial charge < -0.3 is 10.1 Å². The third kappa shape index (κ3) is 2.89. The van der Waals surface area contributed by atoms with Crippen molar-refractivity contribution in [3.63, 3.8) is 0 Å². The van der Waals surface area contributed by atoms with E-state index in [9.17, 15) is 13.2 Å². The summed E-state index contributed by atoms with van der Waals surface area (Å²) in [6.45, 7) is 0.434. The molecule has 6 nitrogen and oxygen atoms in total. The van der Waals surface area contributed by atoms with Crippen LogP contribution in [0.4, 0.5) is 5.69 Å². The smallest absolute Gasteiger partial charge is 0.262 e. The zero-order valence-corrected chi connectivity index (χ0v) is 14.3. The number of nitrogens with one attached hydrogen (secondary N) is 1. The second-order valence-electron chi connectivity index (χ2n) is 6.18. The Kier molecular flexibility index (Phi) is 3.97. The van der Waals surface area contributed by atoms with Crippen LogP contribution in [0.25, 0.3) is 0 Å². The van der Waals surface area contributed by atoms with Gasteiger partial charge >= 0.3 is 0 Å². The number of hydrogen-bond acceptors (Lipinski definition) is 4. The standard InChI is InChI=1S/C18H18N2O4S/c21-18-12-24-17-9-8-14(11-15(17)19-18)25(22,23)20-10-4-7-16(20)13-5-2-1-3-6-13/h1-3,5-6,8-9,11,16H,4,7,10,12H2,(H,19,21)/t16-/m1/s1. The molecule has 0 unspecified atom stereocenters. The lowest BCUT2D eigenvalue weighted by molar-refractivity contribution is -0.118. The fourth-order valence-corrected chi connectivity index (χ4v) is 5.10. The first-order valence-corrected chi connectivity index (χ1v) is 9.63. The number of carbonyl (C=O) groups excluding carboxylic acids is 1. The Morgan fingerprint density at radius 1 is 1.12 bits per heavy atom. The summed E-state index contributed by atoms with van der Waals surface area (Å²) in [7, 11) is -3.66. The second kappa shape index (κ2) is 6.16. The van der Waals surface area contributed by atoms with E-state index < -0.39 is 10.0 Å². The van der Waals surface area contributed by atoms with Gasteiger partial charge in [0.25, 0.3) is 5.91 Å². The molecule has 2 aliphatic heterocycles. The molecule has 2 aromatic rings. The Labute approximate surface area is 146 Å². The van der Waals surface area contributed by atoms with Crippen molar-refractivity contribution in [1.82, 2.24) is 4.31 Å². The van der Waals surface area contributed by atoms with Crippen molar-refractivity contribution in [3.05, 3.63) is 54.1 Å². The number of sulfonamides is 1. The molecule has 25 heavy (non-hydrogen) atoms. The summed E-state index contributed by atoms with van der Waals surface area (Å²) in [5.41, 5.74) is 1.39. The lowest BCUT2D eigenvalue weighted by atomic mass is 10.1. The molecule has 7 heteroatoms. The van der Waals surface area contributed by atoms with Crippen molar-refractivity contribution in [2.24, 2.45) is 0 Å². The number of amides is 1. The van der Waals surface area contributed by atoms with Crippen molar-refractivity contribution in [1.29, 1.82) is 0 Å². The molecule has 4 rings (SSSR count). The average molecular weight is 358 g/mol. The summed E-state index contributed by atoms with van der Waals surface area (Å²) >= 11 is 0. The van der Waals surface area contributed by atoms with E-state index >= 15 is 0 Å². The van der Waals surface area contributed by atoms with Gasteiger partial charge in [0.1, 0.15) is 5.75 Å². The van der Waals surface area contributed by atoms with Crippen LogP contribution in [0.5, 0.6) is 5.75 Å². The number of benzene rings is 2. The monoisotopic (exact) mass is 358 g/mol. The van der Waals surface area contributed by atoms with E-state index in [0.29, 0.717) is 18.0 Å². The number of carbonyl (C=O) groups is 1. The lowest BCUT2D eigenvalue weighted by Gasteiger charge is -2.25. The highest BCUT2D eigenvalue weighted by Gasteiger charge is 2.36. The van der Waals surface area contributed by atoms with E-state index in [1.165, 1.54) is 12.1 Å². The van der Waals surface area contributed by atoms with Gasteiger partial charge in [-0.3, -0.25) is 4.79 Å². The molecule has 0 aromatic heterocycles. The minimum atomic E-state index is -3.66. The van der Waals surface area contributed by atoms with E-state index in [1.807, 2.05) is 30.3 Å². The Hall–Kier alpha value is -2.38. The fourth-order valence-electron chi connectivity index (χ4n) is 3.39. The normalized spacial score (nSPS) is 20.6. The lowest BCUT2D eigenvalue weighted by Crippen LogP contribution is -2.31. The predicted molar refractivity (Wildman–Crippen MR) is 92.9 cm³/mol. The molecule has 2 aromatic carbocycles. The van der Waals surface area contributed by atoms with Crippen molar-refractivity contribution in [2.45, 2.75) is 23.8 Å². The van der Waals surface area contributed by atoms with Crippen LogP contribution in [0.15, 0.2) is 53.4 Å². The molecular weight excluding hydrogens is 340 g/mol. The highest BCUT2D eigenvalue weighted by molar-refractivity contribution is 7.89. The molecule has 0 spiro atoms. The molecular formula is C18H18N2O4S. The Balaban J connectivity index is 1.69. The van der Waals surface area contributed by atoms with Crippen LogP contribution in [0.3, 0.4) is 0 Å². The third-order valence-electron chi connectivity index (χ3n) is 4.58. The molecule has 2 heterocycles. The first kappa shape index (κ1) is 16.1. The van der Waals surface area contributed by atoms with Crippen LogP contribution in [-0.2, 0) is 14.8 Å². The van der Waals surface area contributed by atoms with Crippen LogP contribution >= 0.6 is 0 Å². The van der Waals surface area contributed by atoms with Gasteiger partial charge in [0.05, 0.1) is 16.6 Å². The summed E-state index contributed by atoms with van der Waals surface area (Å²) in [4.78, 5) is 11.7. The van der Waals surface area contributed by atoms with Gasteiger partial charge in [-0.15, -0.1) is 0 Å². The van der Waals surface area contributed by atoms with E-state index in [1.54, 1.807) is 10.4 Å². The van der Waals surface area contributed by atoms with Gasteiger partial charge in [-0.2, -0.15) is 4.31 Å². The third-order valence-corrected chi connectivity index (χ3v) is 6.48. The minimum absolute atomic E-state index is 0.0543. The maximum Gasteiger partial charge on any atom is 0.262 e. The van der Waals surface area contributed by atoms with Crippen molar-refractivity contribution in [2.75, 3.05) is 18.5 Å². The van der Waals surface area contributed by atoms with Crippen LogP contribution in [0.2, 0.25) is 0 Å². The van der Waals surface area contributed by atoms with Gasteiger partial charge in [-0.25, -0.2) is 8.42 Å². The molecule has 130 valence electrons. The van der Waals surface area contributed by atoms with E-state index in [0.717, 1.165) is 18.4 Å². The summed E-state index contributed by atoms with van der Waals surface area (Å²) in [5.74, 6) is 0.199. The van der Waals surface area contributed by atoms with Crippen LogP contribution in [0.1, 0.15) is 24.4 Å². The van der Waals surface area contributed by atoms with Crippen LogP contribution < -0.4 is 10.1 Å². The van der Waals surface area contributed by atoms with E-state index in [2.05, 4.69) is 5.32 Å². The summed E-state index contributed by atoms with van der Waals surface area (Å²) in [5, 5.41) is 2.66. The quantitative estimate of drug-likeness (QED) is 0.915. The molecule has 1 amide bonds. The first-order valence-electron chi connectivity index (χ1n) is 8.19. The highest BCUT2D eigenvalue weighted by Crippen LogP contribution is 2.38. The van der Waals surface area contributed by atoms with Gasteiger partial charge in [0.15, 0.2) is 6.61 Å². The predicted octanol–water partition coefficient (Wildman–Crippen LogP) is 2.54. The summed E-state index contributed by atoms with van der Waals surface area (Å²) in [6.07, 6.45) is 1.62. The van der Waals surface area contributed by atoms with E-state index in [-0.39, 0.29) is 23.5 Å². The number of fused-ring (bicyclic) bond motifs is 1. The Morgan fingerprint density at radius 2 is 1.92 bits per heavy atom. The maximum absolute atomic E-state index is 13.2. The molecule has 1 N–H and O–H groups in total. The Morgan fingerprint density at radius 3 is 2.72 bits per heavy atom. The Bertz CT molecular complexity index is 912. The number of nitrogens with zero attached hydrogens (tertiary/aromatic N) is 1. The topological polar surface area (TPSA) is 75.7 Å². The van der Waals surface area contributed by atoms with Gasteiger partial charge in [-0.05, 0) is 36.6 Å². The summed E-state index contributed by atoms with van der Waals surface area (Å²) in [6, 6.07) is 14.1. The number of hydrogen-bond donors (Lipinski definition) is 1. The van der Waals surface area contributed by atoms with Crippen molar-refractivity contribution >= 4 is 21.6 Å². The minimum Gasteiger partial charge on any atom is -0.482 e. The SMILES string of the molecule is O=C1COc2ccc(S(=O)(=O)N3CCC[C@@H]3c3ccccc3)cc2N1. The molecule has 1 saturated heterocycles. The zero-order chi connectivity index (χ0) is 17.4. The molecule has 0 aliphatic carbocycles. The van der Waals surface area contributed by atoms with Crippen molar-refractivity contribution < 1.29 is 17.9 Å². The molecule has 0 radical (unpaired) electrons. The first-order chi connectivity index (χ1) is 12.1. The number of rotatable bonds is 3. The molecule has 0 saturated carbocycles. The maximum atomic E-state index is 13.2.